The Morgan fingerprint density at radius 2 is 1.85 bits per heavy atom. The first-order valence-electron chi connectivity index (χ1n) is 5.91. The van der Waals surface area contributed by atoms with Gasteiger partial charge in [0.2, 0.25) is 0 Å². The fourth-order valence-electron chi connectivity index (χ4n) is 2.01. The Hall–Kier alpha value is -1.58. The summed E-state index contributed by atoms with van der Waals surface area (Å²) in [6, 6.07) is 10.8. The van der Waals surface area contributed by atoms with Gasteiger partial charge in [-0.2, -0.15) is 0 Å². The van der Waals surface area contributed by atoms with E-state index < -0.39 is 17.7 Å². The summed E-state index contributed by atoms with van der Waals surface area (Å²) in [6.07, 6.45) is 0.0790. The molecule has 2 aromatic carbocycles. The monoisotopic (exact) mass is 312 g/mol. The SMILES string of the molecule is O=C(O)C(Cc1cccc(Cl)c1Cl)c1ccccc1F. The van der Waals surface area contributed by atoms with E-state index in [9.17, 15) is 14.3 Å². The van der Waals surface area contributed by atoms with Crippen molar-refractivity contribution in [3.05, 3.63) is 69.5 Å². The lowest BCUT2D eigenvalue weighted by molar-refractivity contribution is -0.138. The average Bonchev–Trinajstić information content (AvgIpc) is 2.41. The second kappa shape index (κ2) is 6.25. The van der Waals surface area contributed by atoms with Crippen molar-refractivity contribution in [3.63, 3.8) is 0 Å². The fourth-order valence-corrected chi connectivity index (χ4v) is 2.41. The molecule has 0 saturated carbocycles. The molecule has 0 bridgehead atoms. The zero-order valence-corrected chi connectivity index (χ0v) is 11.8. The lowest BCUT2D eigenvalue weighted by Crippen LogP contribution is -2.16. The van der Waals surface area contributed by atoms with Gasteiger partial charge < -0.3 is 5.11 Å². The number of carboxylic acids is 1. The highest BCUT2D eigenvalue weighted by Crippen LogP contribution is 2.31. The van der Waals surface area contributed by atoms with Crippen molar-refractivity contribution in [3.8, 4) is 0 Å². The summed E-state index contributed by atoms with van der Waals surface area (Å²) in [5, 5.41) is 9.98. The molecule has 0 amide bonds. The van der Waals surface area contributed by atoms with Gasteiger partial charge in [-0.3, -0.25) is 4.79 Å². The Balaban J connectivity index is 2.39. The maximum Gasteiger partial charge on any atom is 0.311 e. The van der Waals surface area contributed by atoms with Crippen molar-refractivity contribution in [2.75, 3.05) is 0 Å². The van der Waals surface area contributed by atoms with Gasteiger partial charge in [0, 0.05) is 5.56 Å². The van der Waals surface area contributed by atoms with Crippen molar-refractivity contribution in [2.45, 2.75) is 12.3 Å². The van der Waals surface area contributed by atoms with Gasteiger partial charge in [0.25, 0.3) is 0 Å². The Morgan fingerprint density at radius 1 is 1.15 bits per heavy atom. The van der Waals surface area contributed by atoms with Crippen LogP contribution in [-0.4, -0.2) is 11.1 Å². The first kappa shape index (κ1) is 14.8. The van der Waals surface area contributed by atoms with Gasteiger partial charge in [0.1, 0.15) is 5.82 Å². The minimum absolute atomic E-state index is 0.0790. The number of halogens is 3. The standard InChI is InChI=1S/C15H11Cl2FO2/c16-12-6-3-4-9(14(12)17)8-11(15(19)20)10-5-1-2-7-13(10)18/h1-7,11H,8H2,(H,19,20). The van der Waals surface area contributed by atoms with Gasteiger partial charge in [-0.25, -0.2) is 4.39 Å². The predicted molar refractivity (Wildman–Crippen MR) is 76.9 cm³/mol. The molecule has 2 aromatic rings. The number of hydrogen-bond donors (Lipinski definition) is 1. The predicted octanol–water partition coefficient (Wildman–Crippen LogP) is 4.54. The number of aliphatic carboxylic acids is 1. The molecule has 0 heterocycles. The summed E-state index contributed by atoms with van der Waals surface area (Å²) < 4.78 is 13.8. The molecular formula is C15H11Cl2FO2. The molecule has 0 aliphatic heterocycles. The van der Waals surface area contributed by atoms with Crippen molar-refractivity contribution in [1.82, 2.24) is 0 Å². The molecule has 5 heteroatoms. The Kier molecular flexibility index (Phi) is 4.63. The number of rotatable bonds is 4. The molecule has 1 atom stereocenters. The normalized spacial score (nSPS) is 12.2. The largest absolute Gasteiger partial charge is 0.481 e. The van der Waals surface area contributed by atoms with E-state index in [1.807, 2.05) is 0 Å². The van der Waals surface area contributed by atoms with Crippen LogP contribution in [0.3, 0.4) is 0 Å². The van der Waals surface area contributed by atoms with Crippen molar-refractivity contribution in [1.29, 1.82) is 0 Å². The molecule has 20 heavy (non-hydrogen) atoms. The number of carbonyl (C=O) groups is 1. The Bertz CT molecular complexity index is 644. The maximum atomic E-state index is 13.8. The number of benzene rings is 2. The molecule has 2 rings (SSSR count). The highest BCUT2D eigenvalue weighted by molar-refractivity contribution is 6.42. The van der Waals surface area contributed by atoms with Crippen LogP contribution in [0.2, 0.25) is 10.0 Å². The second-order valence-electron chi connectivity index (χ2n) is 4.33. The zero-order chi connectivity index (χ0) is 14.7. The lowest BCUT2D eigenvalue weighted by Gasteiger charge is -2.15. The molecule has 0 fully saturated rings. The van der Waals surface area contributed by atoms with Gasteiger partial charge in [-0.05, 0) is 24.1 Å². The molecule has 2 nitrogen and oxygen atoms in total. The van der Waals surface area contributed by atoms with Crippen molar-refractivity contribution < 1.29 is 14.3 Å². The lowest BCUT2D eigenvalue weighted by atomic mass is 9.91. The third kappa shape index (κ3) is 3.11. The minimum atomic E-state index is -1.11. The summed E-state index contributed by atoms with van der Waals surface area (Å²) in [5.74, 6) is -2.66. The van der Waals surface area contributed by atoms with Crippen molar-refractivity contribution in [2.24, 2.45) is 0 Å². The molecule has 0 spiro atoms. The smallest absolute Gasteiger partial charge is 0.311 e. The van der Waals surface area contributed by atoms with Gasteiger partial charge in [0.15, 0.2) is 0 Å². The minimum Gasteiger partial charge on any atom is -0.481 e. The molecule has 104 valence electrons. The van der Waals surface area contributed by atoms with Gasteiger partial charge in [-0.1, -0.05) is 53.5 Å². The highest BCUT2D eigenvalue weighted by Gasteiger charge is 2.24. The third-order valence-electron chi connectivity index (χ3n) is 3.03. The zero-order valence-electron chi connectivity index (χ0n) is 10.3. The van der Waals surface area contributed by atoms with Gasteiger partial charge in [0.05, 0.1) is 16.0 Å². The van der Waals surface area contributed by atoms with E-state index in [0.717, 1.165) is 0 Å². The molecule has 0 saturated heterocycles. The van der Waals surface area contributed by atoms with E-state index in [4.69, 9.17) is 23.2 Å². The quantitative estimate of drug-likeness (QED) is 0.899. The third-order valence-corrected chi connectivity index (χ3v) is 3.89. The molecule has 0 aliphatic carbocycles. The highest BCUT2D eigenvalue weighted by atomic mass is 35.5. The van der Waals surface area contributed by atoms with Gasteiger partial charge >= 0.3 is 5.97 Å². The molecule has 0 aliphatic rings. The van der Waals surface area contributed by atoms with E-state index in [1.165, 1.54) is 18.2 Å². The maximum absolute atomic E-state index is 13.8. The Morgan fingerprint density at radius 3 is 2.50 bits per heavy atom. The van der Waals surface area contributed by atoms with Crippen LogP contribution in [0.5, 0.6) is 0 Å². The summed E-state index contributed by atoms with van der Waals surface area (Å²) in [5.41, 5.74) is 0.714. The van der Waals surface area contributed by atoms with Crippen LogP contribution in [0.1, 0.15) is 17.0 Å². The van der Waals surface area contributed by atoms with Gasteiger partial charge in [-0.15, -0.1) is 0 Å². The Labute approximate surface area is 125 Å². The molecule has 1 unspecified atom stereocenters. The van der Waals surface area contributed by atoms with Crippen LogP contribution in [0, 0.1) is 5.82 Å². The fraction of sp³-hybridized carbons (Fsp3) is 0.133. The second-order valence-corrected chi connectivity index (χ2v) is 5.11. The van der Waals surface area contributed by atoms with Crippen LogP contribution in [0.25, 0.3) is 0 Å². The first-order chi connectivity index (χ1) is 9.50. The summed E-state index contributed by atoms with van der Waals surface area (Å²) >= 11 is 12.0. The van der Waals surface area contributed by atoms with E-state index in [0.29, 0.717) is 15.6 Å². The molecule has 1 N–H and O–H groups in total. The molecule has 0 aromatic heterocycles. The molecule has 0 radical (unpaired) electrons. The van der Waals surface area contributed by atoms with Crippen molar-refractivity contribution >= 4 is 29.2 Å². The van der Waals surface area contributed by atoms with Crippen LogP contribution >= 0.6 is 23.2 Å². The van der Waals surface area contributed by atoms with E-state index >= 15 is 0 Å². The summed E-state index contributed by atoms with van der Waals surface area (Å²) in [6.45, 7) is 0. The molecular weight excluding hydrogens is 302 g/mol. The van der Waals surface area contributed by atoms with Crippen LogP contribution in [0.15, 0.2) is 42.5 Å². The number of carboxylic acid groups (broad SMARTS) is 1. The van der Waals surface area contributed by atoms with Crippen LogP contribution in [-0.2, 0) is 11.2 Å². The number of hydrogen-bond acceptors (Lipinski definition) is 1. The first-order valence-corrected chi connectivity index (χ1v) is 6.66. The van der Waals surface area contributed by atoms with E-state index in [2.05, 4.69) is 0 Å². The van der Waals surface area contributed by atoms with E-state index in [-0.39, 0.29) is 12.0 Å². The summed E-state index contributed by atoms with van der Waals surface area (Å²) in [4.78, 5) is 11.4. The van der Waals surface area contributed by atoms with Crippen LogP contribution in [0.4, 0.5) is 4.39 Å². The topological polar surface area (TPSA) is 37.3 Å². The van der Waals surface area contributed by atoms with E-state index in [1.54, 1.807) is 24.3 Å². The summed E-state index contributed by atoms with van der Waals surface area (Å²) in [7, 11) is 0. The average molecular weight is 313 g/mol. The van der Waals surface area contributed by atoms with Crippen LogP contribution < -0.4 is 0 Å².